The van der Waals surface area contributed by atoms with Gasteiger partial charge < -0.3 is 11.1 Å². The first-order chi connectivity index (χ1) is 9.89. The highest BCUT2D eigenvalue weighted by Gasteiger charge is 2.31. The molecule has 21 heavy (non-hydrogen) atoms. The van der Waals surface area contributed by atoms with Crippen LogP contribution in [0.25, 0.3) is 0 Å². The van der Waals surface area contributed by atoms with Crippen LogP contribution in [0, 0.1) is 0 Å². The van der Waals surface area contributed by atoms with Gasteiger partial charge >= 0.3 is 0 Å². The van der Waals surface area contributed by atoms with Crippen molar-refractivity contribution in [1.29, 1.82) is 0 Å². The Kier molecular flexibility index (Phi) is 4.76. The lowest BCUT2D eigenvalue weighted by molar-refractivity contribution is -0.121. The van der Waals surface area contributed by atoms with E-state index in [-0.39, 0.29) is 0 Å². The van der Waals surface area contributed by atoms with E-state index in [1.807, 2.05) is 24.3 Å². The summed E-state index contributed by atoms with van der Waals surface area (Å²) in [5.41, 5.74) is 6.43. The first kappa shape index (κ1) is 15.7. The summed E-state index contributed by atoms with van der Waals surface area (Å²) in [4.78, 5) is 11.9. The Morgan fingerprint density at radius 2 is 1.52 bits per heavy atom. The molecule has 1 amide bonds. The summed E-state index contributed by atoms with van der Waals surface area (Å²) in [6, 6.07) is 14.5. The highest BCUT2D eigenvalue weighted by atomic mass is 35.5. The maximum absolute atomic E-state index is 11.9. The van der Waals surface area contributed by atoms with Gasteiger partial charge in [-0.25, -0.2) is 0 Å². The van der Waals surface area contributed by atoms with E-state index >= 15 is 0 Å². The van der Waals surface area contributed by atoms with Gasteiger partial charge in [0.25, 0.3) is 0 Å². The summed E-state index contributed by atoms with van der Waals surface area (Å²) in [5, 5.41) is 4.47. The van der Waals surface area contributed by atoms with E-state index in [1.165, 1.54) is 0 Å². The van der Waals surface area contributed by atoms with Gasteiger partial charge in [0.1, 0.15) is 5.54 Å². The molecule has 2 aromatic rings. The minimum absolute atomic E-state index is 0.424. The Bertz CT molecular complexity index is 576. The number of carbonyl (C=O) groups excluding carboxylic acids is 1. The number of primary amides is 1. The van der Waals surface area contributed by atoms with E-state index in [0.29, 0.717) is 16.5 Å². The van der Waals surface area contributed by atoms with Gasteiger partial charge in [0.15, 0.2) is 0 Å². The predicted molar refractivity (Wildman–Crippen MR) is 87.8 cm³/mol. The van der Waals surface area contributed by atoms with Crippen molar-refractivity contribution in [2.45, 2.75) is 18.9 Å². The summed E-state index contributed by atoms with van der Waals surface area (Å²) in [5.74, 6) is -0.424. The monoisotopic (exact) mass is 322 g/mol. The fourth-order valence-electron chi connectivity index (χ4n) is 2.06. The first-order valence-corrected chi connectivity index (χ1v) is 7.23. The zero-order valence-corrected chi connectivity index (χ0v) is 13.1. The molecule has 3 nitrogen and oxygen atoms in total. The first-order valence-electron chi connectivity index (χ1n) is 6.47. The average molecular weight is 323 g/mol. The van der Waals surface area contributed by atoms with Gasteiger partial charge in [-0.2, -0.15) is 0 Å². The zero-order chi connectivity index (χ0) is 15.5. The van der Waals surface area contributed by atoms with E-state index in [1.54, 1.807) is 31.2 Å². The van der Waals surface area contributed by atoms with Gasteiger partial charge in [-0.05, 0) is 48.9 Å². The summed E-state index contributed by atoms with van der Waals surface area (Å²) in [6.07, 6.45) is 0.460. The number of rotatable bonds is 5. The third-order valence-corrected chi connectivity index (χ3v) is 3.78. The normalized spacial score (nSPS) is 13.5. The number of nitrogens with two attached hydrogens (primary N) is 1. The van der Waals surface area contributed by atoms with Crippen LogP contribution in [0.1, 0.15) is 12.5 Å². The van der Waals surface area contributed by atoms with Gasteiger partial charge in [0.2, 0.25) is 5.91 Å². The van der Waals surface area contributed by atoms with Crippen molar-refractivity contribution in [2.75, 3.05) is 5.32 Å². The smallest absolute Gasteiger partial charge is 0.243 e. The molecule has 110 valence electrons. The molecule has 2 aromatic carbocycles. The van der Waals surface area contributed by atoms with Crippen LogP contribution in [0.3, 0.4) is 0 Å². The number of hydrogen-bond acceptors (Lipinski definition) is 2. The Hall–Kier alpha value is -1.71. The molecule has 0 aliphatic heterocycles. The number of amides is 1. The molecular weight excluding hydrogens is 307 g/mol. The van der Waals surface area contributed by atoms with Crippen molar-refractivity contribution >= 4 is 34.8 Å². The molecule has 3 N–H and O–H groups in total. The van der Waals surface area contributed by atoms with E-state index in [0.717, 1.165) is 11.3 Å². The molecule has 0 fully saturated rings. The van der Waals surface area contributed by atoms with E-state index in [4.69, 9.17) is 28.9 Å². The Labute approximate surface area is 134 Å². The number of halogens is 2. The lowest BCUT2D eigenvalue weighted by Crippen LogP contribution is -2.49. The van der Waals surface area contributed by atoms with Gasteiger partial charge in [0.05, 0.1) is 0 Å². The molecule has 0 bridgehead atoms. The van der Waals surface area contributed by atoms with Crippen molar-refractivity contribution < 1.29 is 4.79 Å². The maximum atomic E-state index is 11.9. The SMILES string of the molecule is CC(Cc1ccc(Cl)cc1)(Nc1ccc(Cl)cc1)C(N)=O. The number of hydrogen-bond donors (Lipinski definition) is 2. The van der Waals surface area contributed by atoms with Crippen LogP contribution < -0.4 is 11.1 Å². The third kappa shape index (κ3) is 4.13. The number of nitrogens with one attached hydrogen (secondary N) is 1. The standard InChI is InChI=1S/C16H16Cl2N2O/c1-16(15(19)21,10-11-2-4-12(17)5-3-11)20-14-8-6-13(18)7-9-14/h2-9,20H,10H2,1H3,(H2,19,21). The summed E-state index contributed by atoms with van der Waals surface area (Å²) >= 11 is 11.7. The second-order valence-electron chi connectivity index (χ2n) is 5.13. The van der Waals surface area contributed by atoms with Crippen LogP contribution in [0.2, 0.25) is 10.0 Å². The zero-order valence-electron chi connectivity index (χ0n) is 11.6. The molecule has 0 saturated heterocycles. The van der Waals surface area contributed by atoms with Gasteiger partial charge in [-0.1, -0.05) is 35.3 Å². The fourth-order valence-corrected chi connectivity index (χ4v) is 2.31. The van der Waals surface area contributed by atoms with Crippen LogP contribution in [0.4, 0.5) is 5.69 Å². The third-order valence-electron chi connectivity index (χ3n) is 3.28. The molecule has 5 heteroatoms. The van der Waals surface area contributed by atoms with E-state index in [9.17, 15) is 4.79 Å². The van der Waals surface area contributed by atoms with Crippen LogP contribution >= 0.6 is 23.2 Å². The van der Waals surface area contributed by atoms with Gasteiger partial charge in [-0.15, -0.1) is 0 Å². The minimum Gasteiger partial charge on any atom is -0.371 e. The van der Waals surface area contributed by atoms with Crippen LogP contribution in [-0.4, -0.2) is 11.4 Å². The van der Waals surface area contributed by atoms with Gasteiger partial charge in [-0.3, -0.25) is 4.79 Å². The average Bonchev–Trinajstić information content (AvgIpc) is 2.44. The fraction of sp³-hybridized carbons (Fsp3) is 0.188. The minimum atomic E-state index is -0.901. The Morgan fingerprint density at radius 3 is 2.00 bits per heavy atom. The molecule has 0 radical (unpaired) electrons. The Balaban J connectivity index is 2.21. The highest BCUT2D eigenvalue weighted by Crippen LogP contribution is 2.22. The topological polar surface area (TPSA) is 55.1 Å². The molecule has 0 heterocycles. The molecule has 2 rings (SSSR count). The van der Waals surface area contributed by atoms with E-state index in [2.05, 4.69) is 5.32 Å². The maximum Gasteiger partial charge on any atom is 0.243 e. The predicted octanol–water partition coefficient (Wildman–Crippen LogP) is 3.89. The lowest BCUT2D eigenvalue weighted by Gasteiger charge is -2.29. The molecule has 0 aliphatic rings. The van der Waals surface area contributed by atoms with Crippen LogP contribution in [0.5, 0.6) is 0 Å². The number of anilines is 1. The summed E-state index contributed by atoms with van der Waals surface area (Å²) < 4.78 is 0. The molecule has 0 aliphatic carbocycles. The molecule has 0 spiro atoms. The van der Waals surface area contributed by atoms with Crippen molar-refractivity contribution in [1.82, 2.24) is 0 Å². The summed E-state index contributed by atoms with van der Waals surface area (Å²) in [7, 11) is 0. The second kappa shape index (κ2) is 6.37. The van der Waals surface area contributed by atoms with Crippen molar-refractivity contribution in [2.24, 2.45) is 5.73 Å². The quantitative estimate of drug-likeness (QED) is 0.877. The number of carbonyl (C=O) groups is 1. The molecule has 0 aromatic heterocycles. The number of benzene rings is 2. The van der Waals surface area contributed by atoms with Crippen molar-refractivity contribution in [3.8, 4) is 0 Å². The molecule has 1 atom stereocenters. The second-order valence-corrected chi connectivity index (χ2v) is 6.00. The lowest BCUT2D eigenvalue weighted by atomic mass is 9.91. The highest BCUT2D eigenvalue weighted by molar-refractivity contribution is 6.30. The van der Waals surface area contributed by atoms with Crippen molar-refractivity contribution in [3.05, 3.63) is 64.1 Å². The molecular formula is C16H16Cl2N2O. The van der Waals surface area contributed by atoms with Gasteiger partial charge in [0, 0.05) is 22.2 Å². The largest absolute Gasteiger partial charge is 0.371 e. The van der Waals surface area contributed by atoms with E-state index < -0.39 is 11.4 Å². The summed E-state index contributed by atoms with van der Waals surface area (Å²) in [6.45, 7) is 1.78. The molecule has 0 saturated carbocycles. The van der Waals surface area contributed by atoms with Crippen LogP contribution in [-0.2, 0) is 11.2 Å². The Morgan fingerprint density at radius 1 is 1.05 bits per heavy atom. The van der Waals surface area contributed by atoms with Crippen molar-refractivity contribution in [3.63, 3.8) is 0 Å². The molecule has 1 unspecified atom stereocenters. The van der Waals surface area contributed by atoms with Crippen LogP contribution in [0.15, 0.2) is 48.5 Å².